The third-order valence-corrected chi connectivity index (χ3v) is 5.19. The Kier molecular flexibility index (Phi) is 5.99. The Morgan fingerprint density at radius 1 is 1.08 bits per heavy atom. The quantitative estimate of drug-likeness (QED) is 0.750. The third-order valence-electron chi connectivity index (χ3n) is 4.66. The van der Waals surface area contributed by atoms with Crippen molar-refractivity contribution < 1.29 is 14.3 Å². The smallest absolute Gasteiger partial charge is 0.235 e. The summed E-state index contributed by atoms with van der Waals surface area (Å²) in [6, 6.07) is 15.5. The fraction of sp³-hybridized carbons (Fsp3) is 0.381. The lowest BCUT2D eigenvalue weighted by atomic mass is 9.73. The minimum Gasteiger partial charge on any atom is -0.491 e. The van der Waals surface area contributed by atoms with Crippen molar-refractivity contribution in [3.8, 4) is 5.75 Å². The average molecular weight is 418 g/mol. The van der Waals surface area contributed by atoms with Gasteiger partial charge in [0.2, 0.25) is 5.91 Å². The normalized spacial score (nSPS) is 16.3. The first kappa shape index (κ1) is 18.9. The van der Waals surface area contributed by atoms with E-state index in [1.165, 1.54) is 0 Å². The zero-order chi connectivity index (χ0) is 18.6. The highest BCUT2D eigenvalue weighted by Gasteiger charge is 2.41. The van der Waals surface area contributed by atoms with Gasteiger partial charge in [-0.1, -0.05) is 28.1 Å². The highest BCUT2D eigenvalue weighted by molar-refractivity contribution is 9.10. The fourth-order valence-electron chi connectivity index (χ4n) is 3.28. The van der Waals surface area contributed by atoms with Gasteiger partial charge in [-0.25, -0.2) is 0 Å². The molecule has 0 bridgehead atoms. The molecule has 2 aromatic rings. The summed E-state index contributed by atoms with van der Waals surface area (Å²) < 4.78 is 12.2. The largest absolute Gasteiger partial charge is 0.491 e. The van der Waals surface area contributed by atoms with Crippen molar-refractivity contribution in [3.63, 3.8) is 0 Å². The van der Waals surface area contributed by atoms with Crippen LogP contribution in [0, 0.1) is 0 Å². The summed E-state index contributed by atoms with van der Waals surface area (Å²) in [4.78, 5) is 13.2. The zero-order valence-corrected chi connectivity index (χ0v) is 16.7. The van der Waals surface area contributed by atoms with Crippen LogP contribution in [0.5, 0.6) is 5.75 Å². The predicted octanol–water partition coefficient (Wildman–Crippen LogP) is 4.92. The maximum Gasteiger partial charge on any atom is 0.235 e. The average Bonchev–Trinajstić information content (AvgIpc) is 2.64. The van der Waals surface area contributed by atoms with E-state index in [2.05, 4.69) is 21.2 Å². The Morgan fingerprint density at radius 2 is 1.69 bits per heavy atom. The molecule has 0 unspecified atom stereocenters. The molecule has 4 nitrogen and oxygen atoms in total. The molecule has 26 heavy (non-hydrogen) atoms. The molecule has 0 radical (unpaired) electrons. The number of nitrogens with one attached hydrogen (secondary N) is 1. The van der Waals surface area contributed by atoms with Crippen LogP contribution in [0.4, 0.5) is 5.69 Å². The number of halogens is 1. The van der Waals surface area contributed by atoms with Gasteiger partial charge in [0.15, 0.2) is 0 Å². The summed E-state index contributed by atoms with van der Waals surface area (Å²) in [5, 5.41) is 3.08. The molecule has 3 rings (SSSR count). The van der Waals surface area contributed by atoms with E-state index in [0.717, 1.165) is 21.5 Å². The number of ether oxygens (including phenoxy) is 2. The maximum atomic E-state index is 13.2. The maximum absolute atomic E-state index is 13.2. The molecule has 1 N–H and O–H groups in total. The number of hydrogen-bond donors (Lipinski definition) is 1. The first-order valence-electron chi connectivity index (χ1n) is 8.91. The van der Waals surface area contributed by atoms with Gasteiger partial charge in [-0.2, -0.15) is 0 Å². The van der Waals surface area contributed by atoms with E-state index < -0.39 is 5.41 Å². The molecule has 5 heteroatoms. The minimum absolute atomic E-state index is 0.0145. The molecule has 1 fully saturated rings. The van der Waals surface area contributed by atoms with Crippen LogP contribution in [0.25, 0.3) is 0 Å². The van der Waals surface area contributed by atoms with Gasteiger partial charge in [0.05, 0.1) is 11.5 Å². The van der Waals surface area contributed by atoms with Gasteiger partial charge in [-0.3, -0.25) is 4.79 Å². The highest BCUT2D eigenvalue weighted by Crippen LogP contribution is 2.37. The topological polar surface area (TPSA) is 47.6 Å². The van der Waals surface area contributed by atoms with Crippen LogP contribution in [0.1, 0.15) is 32.3 Å². The summed E-state index contributed by atoms with van der Waals surface area (Å²) in [7, 11) is 0. The molecule has 1 aliphatic rings. The molecule has 1 aliphatic heterocycles. The van der Waals surface area contributed by atoms with Crippen LogP contribution >= 0.6 is 15.9 Å². The molecule has 2 aromatic carbocycles. The Morgan fingerprint density at radius 3 is 2.27 bits per heavy atom. The van der Waals surface area contributed by atoms with Crippen LogP contribution in [-0.4, -0.2) is 25.2 Å². The number of carbonyl (C=O) groups is 1. The van der Waals surface area contributed by atoms with Crippen molar-refractivity contribution in [3.05, 3.63) is 58.6 Å². The summed E-state index contributed by atoms with van der Waals surface area (Å²) in [5.74, 6) is 0.812. The second-order valence-electron chi connectivity index (χ2n) is 6.85. The monoisotopic (exact) mass is 417 g/mol. The van der Waals surface area contributed by atoms with Gasteiger partial charge in [0.25, 0.3) is 0 Å². The Balaban J connectivity index is 1.81. The van der Waals surface area contributed by atoms with E-state index in [-0.39, 0.29) is 12.0 Å². The van der Waals surface area contributed by atoms with Crippen LogP contribution in [0.2, 0.25) is 0 Å². The van der Waals surface area contributed by atoms with Crippen LogP contribution in [0.15, 0.2) is 53.0 Å². The Bertz CT molecular complexity index is 735. The fourth-order valence-corrected chi connectivity index (χ4v) is 3.54. The molecule has 0 saturated carbocycles. The van der Waals surface area contributed by atoms with Crippen molar-refractivity contribution in [2.75, 3.05) is 18.5 Å². The molecular formula is C21H24BrNO3. The van der Waals surface area contributed by atoms with Crippen molar-refractivity contribution in [2.45, 2.75) is 38.2 Å². The van der Waals surface area contributed by atoms with Crippen LogP contribution in [-0.2, 0) is 14.9 Å². The van der Waals surface area contributed by atoms with Gasteiger partial charge in [-0.15, -0.1) is 0 Å². The van der Waals surface area contributed by atoms with Crippen molar-refractivity contribution in [1.29, 1.82) is 0 Å². The number of carbonyl (C=O) groups excluding carboxylic acids is 1. The number of rotatable bonds is 5. The molecule has 1 amide bonds. The second-order valence-corrected chi connectivity index (χ2v) is 7.76. The molecule has 1 saturated heterocycles. The van der Waals surface area contributed by atoms with E-state index in [1.807, 2.05) is 62.4 Å². The van der Waals surface area contributed by atoms with Gasteiger partial charge in [0, 0.05) is 23.4 Å². The molecule has 0 spiro atoms. The summed E-state index contributed by atoms with van der Waals surface area (Å²) in [6.45, 7) is 5.15. The van der Waals surface area contributed by atoms with E-state index in [1.54, 1.807) is 0 Å². The number of anilines is 1. The van der Waals surface area contributed by atoms with Crippen LogP contribution < -0.4 is 10.1 Å². The third kappa shape index (κ3) is 4.27. The van der Waals surface area contributed by atoms with Crippen molar-refractivity contribution in [1.82, 2.24) is 0 Å². The number of amides is 1. The molecular weight excluding hydrogens is 394 g/mol. The van der Waals surface area contributed by atoms with E-state index >= 15 is 0 Å². The highest BCUT2D eigenvalue weighted by atomic mass is 79.9. The van der Waals surface area contributed by atoms with Crippen molar-refractivity contribution >= 4 is 27.5 Å². The molecule has 0 aromatic heterocycles. The Labute approximate surface area is 163 Å². The summed E-state index contributed by atoms with van der Waals surface area (Å²) in [5.41, 5.74) is 1.24. The van der Waals surface area contributed by atoms with E-state index in [0.29, 0.717) is 26.1 Å². The van der Waals surface area contributed by atoms with Crippen molar-refractivity contribution in [2.24, 2.45) is 0 Å². The molecule has 1 heterocycles. The molecule has 0 aliphatic carbocycles. The second kappa shape index (κ2) is 8.23. The predicted molar refractivity (Wildman–Crippen MR) is 107 cm³/mol. The lowest BCUT2D eigenvalue weighted by Gasteiger charge is -2.36. The summed E-state index contributed by atoms with van der Waals surface area (Å²) >= 11 is 3.46. The Hall–Kier alpha value is -1.85. The number of hydrogen-bond acceptors (Lipinski definition) is 3. The van der Waals surface area contributed by atoms with Gasteiger partial charge < -0.3 is 14.8 Å². The number of benzene rings is 2. The minimum atomic E-state index is -0.563. The van der Waals surface area contributed by atoms with E-state index in [9.17, 15) is 4.79 Å². The first-order valence-corrected chi connectivity index (χ1v) is 9.71. The molecule has 138 valence electrons. The first-order chi connectivity index (χ1) is 12.5. The van der Waals surface area contributed by atoms with Crippen LogP contribution in [0.3, 0.4) is 0 Å². The lowest BCUT2D eigenvalue weighted by Crippen LogP contribution is -2.44. The van der Waals surface area contributed by atoms with E-state index in [4.69, 9.17) is 9.47 Å². The zero-order valence-electron chi connectivity index (χ0n) is 15.1. The van der Waals surface area contributed by atoms with Gasteiger partial charge in [0.1, 0.15) is 5.75 Å². The SMILES string of the molecule is CC(C)Oc1ccc(NC(=O)C2(c3ccc(Br)cc3)CCOCC2)cc1. The summed E-state index contributed by atoms with van der Waals surface area (Å²) in [6.07, 6.45) is 1.47. The lowest BCUT2D eigenvalue weighted by molar-refractivity contribution is -0.125. The molecule has 0 atom stereocenters. The standard InChI is InChI=1S/C21H24BrNO3/c1-15(2)26-19-9-7-18(8-10-19)23-20(24)21(11-13-25-14-12-21)16-3-5-17(22)6-4-16/h3-10,15H,11-14H2,1-2H3,(H,23,24). The van der Waals surface area contributed by atoms with Gasteiger partial charge >= 0.3 is 0 Å². The van der Waals surface area contributed by atoms with Gasteiger partial charge in [-0.05, 0) is 68.7 Å².